The van der Waals surface area contributed by atoms with Gasteiger partial charge in [0.15, 0.2) is 11.5 Å². The van der Waals surface area contributed by atoms with Gasteiger partial charge >= 0.3 is 0 Å². The number of rotatable bonds is 6. The van der Waals surface area contributed by atoms with Gasteiger partial charge in [-0.3, -0.25) is 0 Å². The Hall–Kier alpha value is -1.22. The highest BCUT2D eigenvalue weighted by molar-refractivity contribution is 5.40. The summed E-state index contributed by atoms with van der Waals surface area (Å²) in [6.45, 7) is 4.20. The van der Waals surface area contributed by atoms with E-state index >= 15 is 0 Å². The Morgan fingerprint density at radius 1 is 1.13 bits per heavy atom. The molecule has 0 amide bonds. The molecule has 0 bridgehead atoms. The second-order valence-electron chi connectivity index (χ2n) is 3.68. The Morgan fingerprint density at radius 2 is 1.93 bits per heavy atom. The third-order valence-corrected chi connectivity index (χ3v) is 2.29. The Kier molecular flexibility index (Phi) is 4.98. The van der Waals surface area contributed by atoms with E-state index in [1.807, 2.05) is 6.07 Å². The highest BCUT2D eigenvalue weighted by Gasteiger charge is 2.00. The number of hydrogen-bond donors (Lipinski definition) is 3. The molecule has 0 saturated heterocycles. The lowest BCUT2D eigenvalue weighted by atomic mass is 10.1. The molecule has 0 fully saturated rings. The van der Waals surface area contributed by atoms with E-state index in [1.54, 1.807) is 6.07 Å². The molecule has 0 heterocycles. The molecular weight excluding hydrogens is 190 g/mol. The summed E-state index contributed by atoms with van der Waals surface area (Å²) in [5, 5.41) is 21.7. The largest absolute Gasteiger partial charge is 0.504 e. The molecule has 1 rings (SSSR count). The number of phenols is 2. The fraction of sp³-hybridized carbons (Fsp3) is 0.500. The van der Waals surface area contributed by atoms with Crippen LogP contribution in [0.5, 0.6) is 11.5 Å². The minimum Gasteiger partial charge on any atom is -0.504 e. The van der Waals surface area contributed by atoms with Crippen LogP contribution in [0.4, 0.5) is 0 Å². The van der Waals surface area contributed by atoms with Crippen molar-refractivity contribution in [3.63, 3.8) is 0 Å². The molecule has 0 unspecified atom stereocenters. The van der Waals surface area contributed by atoms with Crippen molar-refractivity contribution in [2.45, 2.75) is 26.2 Å². The Balaban J connectivity index is 2.28. The summed E-state index contributed by atoms with van der Waals surface area (Å²) in [4.78, 5) is 0. The predicted octanol–water partition coefficient (Wildman–Crippen LogP) is 2.03. The zero-order valence-corrected chi connectivity index (χ0v) is 9.16. The standard InChI is InChI=1S/C12H19NO2/c1-2-7-13-8-3-4-10-5-6-11(14)12(15)9-10/h5-6,9,13-15H,2-4,7-8H2,1H3. The van der Waals surface area contributed by atoms with E-state index in [9.17, 15) is 5.11 Å². The number of aromatic hydroxyl groups is 2. The molecular formula is C12H19NO2. The molecule has 0 atom stereocenters. The first-order valence-corrected chi connectivity index (χ1v) is 5.45. The van der Waals surface area contributed by atoms with Crippen molar-refractivity contribution in [1.82, 2.24) is 5.32 Å². The average molecular weight is 209 g/mol. The van der Waals surface area contributed by atoms with Gasteiger partial charge in [0.1, 0.15) is 0 Å². The van der Waals surface area contributed by atoms with E-state index in [1.165, 1.54) is 6.07 Å². The molecule has 0 aliphatic carbocycles. The van der Waals surface area contributed by atoms with Crippen molar-refractivity contribution in [2.24, 2.45) is 0 Å². The van der Waals surface area contributed by atoms with Crippen molar-refractivity contribution in [3.05, 3.63) is 23.8 Å². The summed E-state index contributed by atoms with van der Waals surface area (Å²) in [5.74, 6) is -0.0862. The number of aryl methyl sites for hydroxylation is 1. The zero-order valence-electron chi connectivity index (χ0n) is 9.16. The van der Waals surface area contributed by atoms with Crippen molar-refractivity contribution >= 4 is 0 Å². The molecule has 1 aromatic carbocycles. The normalized spacial score (nSPS) is 10.5. The topological polar surface area (TPSA) is 52.5 Å². The van der Waals surface area contributed by atoms with Crippen LogP contribution in [0.2, 0.25) is 0 Å². The SMILES string of the molecule is CCCNCCCc1ccc(O)c(O)c1. The Morgan fingerprint density at radius 3 is 2.60 bits per heavy atom. The minimum atomic E-state index is -0.0529. The van der Waals surface area contributed by atoms with Crippen molar-refractivity contribution in [2.75, 3.05) is 13.1 Å². The summed E-state index contributed by atoms with van der Waals surface area (Å²) in [6.07, 6.45) is 3.12. The molecule has 3 N–H and O–H groups in total. The summed E-state index contributed by atoms with van der Waals surface area (Å²) in [7, 11) is 0. The zero-order chi connectivity index (χ0) is 11.1. The molecule has 15 heavy (non-hydrogen) atoms. The summed E-state index contributed by atoms with van der Waals surface area (Å²) < 4.78 is 0. The third kappa shape index (κ3) is 4.21. The van der Waals surface area contributed by atoms with E-state index in [2.05, 4.69) is 12.2 Å². The average Bonchev–Trinajstić information content (AvgIpc) is 2.23. The van der Waals surface area contributed by atoms with E-state index in [0.717, 1.165) is 37.9 Å². The lowest BCUT2D eigenvalue weighted by Crippen LogP contribution is -2.16. The number of hydrogen-bond acceptors (Lipinski definition) is 3. The lowest BCUT2D eigenvalue weighted by molar-refractivity contribution is 0.403. The van der Waals surface area contributed by atoms with Crippen LogP contribution >= 0.6 is 0 Å². The van der Waals surface area contributed by atoms with E-state index < -0.39 is 0 Å². The molecule has 3 heteroatoms. The van der Waals surface area contributed by atoms with Crippen LogP contribution in [0.25, 0.3) is 0 Å². The first-order chi connectivity index (χ1) is 7.24. The molecule has 84 valence electrons. The van der Waals surface area contributed by atoms with E-state index in [0.29, 0.717) is 0 Å². The van der Waals surface area contributed by atoms with Crippen molar-refractivity contribution in [1.29, 1.82) is 0 Å². The fourth-order valence-electron chi connectivity index (χ4n) is 1.44. The van der Waals surface area contributed by atoms with Crippen LogP contribution in [0.15, 0.2) is 18.2 Å². The number of phenolic OH excluding ortho intramolecular Hbond substituents is 2. The lowest BCUT2D eigenvalue weighted by Gasteiger charge is -2.04. The van der Waals surface area contributed by atoms with Crippen LogP contribution in [-0.4, -0.2) is 23.3 Å². The second-order valence-corrected chi connectivity index (χ2v) is 3.68. The van der Waals surface area contributed by atoms with Gasteiger partial charge in [0.05, 0.1) is 0 Å². The van der Waals surface area contributed by atoms with Gasteiger partial charge in [0, 0.05) is 0 Å². The molecule has 3 nitrogen and oxygen atoms in total. The highest BCUT2D eigenvalue weighted by Crippen LogP contribution is 2.25. The van der Waals surface area contributed by atoms with Gasteiger partial charge in [0.25, 0.3) is 0 Å². The van der Waals surface area contributed by atoms with E-state index in [-0.39, 0.29) is 11.5 Å². The fourth-order valence-corrected chi connectivity index (χ4v) is 1.44. The first kappa shape index (κ1) is 11.9. The molecule has 0 spiro atoms. The van der Waals surface area contributed by atoms with Gasteiger partial charge in [-0.25, -0.2) is 0 Å². The molecule has 0 aliphatic heterocycles. The van der Waals surface area contributed by atoms with Gasteiger partial charge in [-0.1, -0.05) is 13.0 Å². The minimum absolute atomic E-state index is 0.0333. The second kappa shape index (κ2) is 6.30. The Labute approximate surface area is 90.8 Å². The summed E-state index contributed by atoms with van der Waals surface area (Å²) in [6, 6.07) is 4.99. The maximum atomic E-state index is 9.28. The first-order valence-electron chi connectivity index (χ1n) is 5.45. The maximum absolute atomic E-state index is 9.28. The molecule has 0 radical (unpaired) electrons. The number of benzene rings is 1. The highest BCUT2D eigenvalue weighted by atomic mass is 16.3. The number of nitrogens with one attached hydrogen (secondary N) is 1. The molecule has 0 aromatic heterocycles. The van der Waals surface area contributed by atoms with Crippen LogP contribution in [-0.2, 0) is 6.42 Å². The molecule has 0 aliphatic rings. The smallest absolute Gasteiger partial charge is 0.157 e. The van der Waals surface area contributed by atoms with Gasteiger partial charge in [-0.05, 0) is 50.0 Å². The van der Waals surface area contributed by atoms with Gasteiger partial charge in [0.2, 0.25) is 0 Å². The Bertz CT molecular complexity index is 300. The summed E-state index contributed by atoms with van der Waals surface area (Å²) in [5.41, 5.74) is 1.06. The van der Waals surface area contributed by atoms with Crippen LogP contribution in [0.1, 0.15) is 25.3 Å². The van der Waals surface area contributed by atoms with Gasteiger partial charge < -0.3 is 15.5 Å². The molecule has 0 saturated carbocycles. The van der Waals surface area contributed by atoms with Gasteiger partial charge in [-0.15, -0.1) is 0 Å². The van der Waals surface area contributed by atoms with Crippen LogP contribution in [0, 0.1) is 0 Å². The van der Waals surface area contributed by atoms with Crippen molar-refractivity contribution in [3.8, 4) is 11.5 Å². The molecule has 1 aromatic rings. The van der Waals surface area contributed by atoms with Gasteiger partial charge in [-0.2, -0.15) is 0 Å². The predicted molar refractivity (Wildman–Crippen MR) is 61.3 cm³/mol. The van der Waals surface area contributed by atoms with Crippen LogP contribution < -0.4 is 5.32 Å². The van der Waals surface area contributed by atoms with Crippen LogP contribution in [0.3, 0.4) is 0 Å². The quantitative estimate of drug-likeness (QED) is 0.496. The monoisotopic (exact) mass is 209 g/mol. The summed E-state index contributed by atoms with van der Waals surface area (Å²) >= 11 is 0. The van der Waals surface area contributed by atoms with Crippen molar-refractivity contribution < 1.29 is 10.2 Å². The third-order valence-electron chi connectivity index (χ3n) is 2.29. The maximum Gasteiger partial charge on any atom is 0.157 e. The van der Waals surface area contributed by atoms with E-state index in [4.69, 9.17) is 5.11 Å².